The molecule has 25 heavy (non-hydrogen) atoms. The fraction of sp³-hybridized carbons (Fsp3) is 0.667. The van der Waals surface area contributed by atoms with Crippen molar-refractivity contribution in [2.45, 2.75) is 64.6 Å². The van der Waals surface area contributed by atoms with Gasteiger partial charge in [0.2, 0.25) is 5.91 Å². The average molecular weight is 347 g/mol. The van der Waals surface area contributed by atoms with Crippen LogP contribution in [0.25, 0.3) is 0 Å². The Bertz CT molecular complexity index is 602. The van der Waals surface area contributed by atoms with Gasteiger partial charge >= 0.3 is 0 Å². The van der Waals surface area contributed by atoms with E-state index in [1.165, 1.54) is 25.0 Å². The highest BCUT2D eigenvalue weighted by atomic mass is 19.1. The zero-order valence-electron chi connectivity index (χ0n) is 15.6. The molecular weight excluding hydrogens is 317 g/mol. The third-order valence-corrected chi connectivity index (χ3v) is 5.98. The van der Waals surface area contributed by atoms with Crippen LogP contribution in [-0.2, 0) is 15.1 Å². The van der Waals surface area contributed by atoms with Crippen LogP contribution >= 0.6 is 0 Å². The first kappa shape index (κ1) is 18.4. The molecule has 4 heteroatoms. The van der Waals surface area contributed by atoms with Crippen LogP contribution < -0.4 is 0 Å². The number of rotatable bonds is 7. The van der Waals surface area contributed by atoms with E-state index in [0.717, 1.165) is 31.4 Å². The van der Waals surface area contributed by atoms with Crippen LogP contribution in [-0.4, -0.2) is 30.0 Å². The summed E-state index contributed by atoms with van der Waals surface area (Å²) in [5.74, 6) is 0.411. The van der Waals surface area contributed by atoms with Crippen molar-refractivity contribution in [1.29, 1.82) is 0 Å². The van der Waals surface area contributed by atoms with Gasteiger partial charge in [-0.25, -0.2) is 4.39 Å². The molecule has 3 nitrogen and oxygen atoms in total. The lowest BCUT2D eigenvalue weighted by Crippen LogP contribution is -2.48. The lowest BCUT2D eigenvalue weighted by atomic mass is 9.80. The number of fused-ring (bicyclic) bond motifs is 1. The molecule has 0 spiro atoms. The van der Waals surface area contributed by atoms with Gasteiger partial charge in [-0.1, -0.05) is 52.2 Å². The van der Waals surface area contributed by atoms with Gasteiger partial charge < -0.3 is 9.64 Å². The number of piperidine rings is 1. The van der Waals surface area contributed by atoms with Crippen LogP contribution in [0.15, 0.2) is 24.3 Å². The Morgan fingerprint density at radius 1 is 1.28 bits per heavy atom. The number of halogens is 1. The second-order valence-corrected chi connectivity index (χ2v) is 7.65. The maximum Gasteiger partial charge on any atom is 0.225 e. The van der Waals surface area contributed by atoms with Crippen LogP contribution in [0.2, 0.25) is 0 Å². The Morgan fingerprint density at radius 2 is 2.00 bits per heavy atom. The van der Waals surface area contributed by atoms with Gasteiger partial charge in [0, 0.05) is 18.4 Å². The van der Waals surface area contributed by atoms with E-state index in [1.807, 2.05) is 17.0 Å². The average Bonchev–Trinajstić information content (AvgIpc) is 3.35. The Hall–Kier alpha value is -1.42. The van der Waals surface area contributed by atoms with E-state index >= 15 is 0 Å². The van der Waals surface area contributed by atoms with Crippen molar-refractivity contribution in [1.82, 2.24) is 4.90 Å². The number of carbonyl (C=O) groups excluding carboxylic acids is 1. The molecule has 138 valence electrons. The number of amides is 1. The first-order valence-corrected chi connectivity index (χ1v) is 9.75. The highest BCUT2D eigenvalue weighted by molar-refractivity contribution is 5.79. The number of carbonyl (C=O) groups is 1. The van der Waals surface area contributed by atoms with E-state index in [4.69, 9.17) is 4.74 Å². The summed E-state index contributed by atoms with van der Waals surface area (Å²) in [6.45, 7) is 7.82. The molecule has 0 radical (unpaired) electrons. The Kier molecular flexibility index (Phi) is 5.47. The third kappa shape index (κ3) is 3.46. The van der Waals surface area contributed by atoms with E-state index in [2.05, 4.69) is 20.8 Å². The van der Waals surface area contributed by atoms with Gasteiger partial charge in [0.25, 0.3) is 0 Å². The van der Waals surface area contributed by atoms with E-state index in [1.54, 1.807) is 0 Å². The van der Waals surface area contributed by atoms with Gasteiger partial charge in [-0.05, 0) is 30.5 Å². The van der Waals surface area contributed by atoms with Crippen LogP contribution in [0, 0.1) is 17.7 Å². The summed E-state index contributed by atoms with van der Waals surface area (Å²) < 4.78 is 19.3. The summed E-state index contributed by atoms with van der Waals surface area (Å²) in [5, 5.41) is 0. The van der Waals surface area contributed by atoms with Crippen LogP contribution in [0.3, 0.4) is 0 Å². The highest BCUT2D eigenvalue weighted by Crippen LogP contribution is 2.55. The Balaban J connectivity index is 1.65. The minimum atomic E-state index is -0.325. The molecule has 2 saturated heterocycles. The summed E-state index contributed by atoms with van der Waals surface area (Å²) in [5.41, 5.74) is 0.711. The highest BCUT2D eigenvalue weighted by Gasteiger charge is 2.64. The molecule has 2 aliphatic heterocycles. The fourth-order valence-electron chi connectivity index (χ4n) is 4.38. The normalized spacial score (nSPS) is 29.2. The van der Waals surface area contributed by atoms with Gasteiger partial charge in [-0.15, -0.1) is 0 Å². The van der Waals surface area contributed by atoms with Crippen LogP contribution in [0.5, 0.6) is 0 Å². The smallest absolute Gasteiger partial charge is 0.225 e. The van der Waals surface area contributed by atoms with Crippen molar-refractivity contribution in [3.8, 4) is 0 Å². The predicted octanol–water partition coefficient (Wildman–Crippen LogP) is 4.50. The zero-order valence-corrected chi connectivity index (χ0v) is 15.6. The molecule has 2 fully saturated rings. The van der Waals surface area contributed by atoms with Gasteiger partial charge in [0.05, 0.1) is 6.54 Å². The molecule has 1 amide bonds. The van der Waals surface area contributed by atoms with E-state index in [9.17, 15) is 9.18 Å². The standard InChI is InChI=1S/C21H30FNO2/c1-4-6-7-8-16(5-2)20(24)23-13-15(3)21(19(14-23)25-21)17-9-11-18(22)12-10-17/h9-12,15-16,19H,4-8,13-14H2,1-3H3. The quantitative estimate of drug-likeness (QED) is 0.537. The van der Waals surface area contributed by atoms with Crippen molar-refractivity contribution < 1.29 is 13.9 Å². The molecule has 0 aliphatic carbocycles. The number of hydrogen-bond acceptors (Lipinski definition) is 2. The number of hydrogen-bond donors (Lipinski definition) is 0. The van der Waals surface area contributed by atoms with Crippen molar-refractivity contribution in [3.63, 3.8) is 0 Å². The molecule has 1 aromatic rings. The lowest BCUT2D eigenvalue weighted by Gasteiger charge is -2.35. The van der Waals surface area contributed by atoms with Crippen molar-refractivity contribution >= 4 is 5.91 Å². The summed E-state index contributed by atoms with van der Waals surface area (Å²) >= 11 is 0. The molecule has 0 bridgehead atoms. The second-order valence-electron chi connectivity index (χ2n) is 7.65. The van der Waals surface area contributed by atoms with Gasteiger partial charge in [0.1, 0.15) is 17.5 Å². The van der Waals surface area contributed by atoms with Crippen molar-refractivity contribution in [2.75, 3.05) is 13.1 Å². The molecule has 1 aromatic carbocycles. The predicted molar refractivity (Wildman–Crippen MR) is 96.6 cm³/mol. The zero-order chi connectivity index (χ0) is 18.0. The number of benzene rings is 1. The lowest BCUT2D eigenvalue weighted by molar-refractivity contribution is -0.137. The maximum absolute atomic E-state index is 13.2. The number of unbranched alkanes of at least 4 members (excludes halogenated alkanes) is 2. The van der Waals surface area contributed by atoms with Crippen LogP contribution in [0.1, 0.15) is 58.4 Å². The third-order valence-electron chi connectivity index (χ3n) is 5.98. The minimum Gasteiger partial charge on any atom is -0.359 e. The Labute approximate surface area is 150 Å². The van der Waals surface area contributed by atoms with E-state index in [0.29, 0.717) is 6.54 Å². The summed E-state index contributed by atoms with van der Waals surface area (Å²) in [7, 11) is 0. The van der Waals surface area contributed by atoms with Gasteiger partial charge in [-0.3, -0.25) is 4.79 Å². The van der Waals surface area contributed by atoms with Crippen LogP contribution in [0.4, 0.5) is 4.39 Å². The molecule has 0 aromatic heterocycles. The number of nitrogens with zero attached hydrogens (tertiary/aromatic N) is 1. The molecule has 3 rings (SSSR count). The molecule has 4 unspecified atom stereocenters. The van der Waals surface area contributed by atoms with E-state index in [-0.39, 0.29) is 35.3 Å². The van der Waals surface area contributed by atoms with Crippen molar-refractivity contribution in [3.05, 3.63) is 35.6 Å². The molecular formula is C21H30FNO2. The SMILES string of the molecule is CCCCCC(CC)C(=O)N1CC(C)C2(c3ccc(F)cc3)OC2C1. The molecule has 2 aliphatic rings. The summed E-state index contributed by atoms with van der Waals surface area (Å²) in [6, 6.07) is 6.63. The summed E-state index contributed by atoms with van der Waals surface area (Å²) in [4.78, 5) is 14.9. The largest absolute Gasteiger partial charge is 0.359 e. The Morgan fingerprint density at radius 3 is 2.60 bits per heavy atom. The number of likely N-dealkylation sites (tertiary alicyclic amines) is 1. The van der Waals surface area contributed by atoms with E-state index < -0.39 is 0 Å². The first-order valence-electron chi connectivity index (χ1n) is 9.75. The topological polar surface area (TPSA) is 32.8 Å². The molecule has 0 saturated carbocycles. The fourth-order valence-corrected chi connectivity index (χ4v) is 4.38. The molecule has 0 N–H and O–H groups in total. The summed E-state index contributed by atoms with van der Waals surface area (Å²) in [6.07, 6.45) is 5.44. The molecule has 4 atom stereocenters. The number of ether oxygens (including phenoxy) is 1. The van der Waals surface area contributed by atoms with Crippen molar-refractivity contribution in [2.24, 2.45) is 11.8 Å². The molecule has 2 heterocycles. The second kappa shape index (κ2) is 7.45. The van der Waals surface area contributed by atoms with Gasteiger partial charge in [0.15, 0.2) is 0 Å². The monoisotopic (exact) mass is 347 g/mol. The first-order chi connectivity index (χ1) is 12.0. The maximum atomic E-state index is 13.2. The minimum absolute atomic E-state index is 0.0406. The van der Waals surface area contributed by atoms with Gasteiger partial charge in [-0.2, -0.15) is 0 Å². The number of epoxide rings is 1.